The second-order valence-electron chi connectivity index (χ2n) is 9.15. The zero-order valence-electron chi connectivity index (χ0n) is 18.5. The summed E-state index contributed by atoms with van der Waals surface area (Å²) in [7, 11) is 0. The van der Waals surface area contributed by atoms with E-state index in [-0.39, 0.29) is 23.9 Å². The van der Waals surface area contributed by atoms with Crippen LogP contribution >= 0.6 is 0 Å². The van der Waals surface area contributed by atoms with Gasteiger partial charge in [0.15, 0.2) is 0 Å². The minimum absolute atomic E-state index is 0.0880. The summed E-state index contributed by atoms with van der Waals surface area (Å²) in [6.45, 7) is 5.75. The van der Waals surface area contributed by atoms with Gasteiger partial charge in [0.1, 0.15) is 5.54 Å². The number of nitrogens with zero attached hydrogens (tertiary/aromatic N) is 3. The van der Waals surface area contributed by atoms with Gasteiger partial charge in [-0.2, -0.15) is 0 Å². The average Bonchev–Trinajstić information content (AvgIpc) is 3.03. The average molecular weight is 427 g/mol. The molecule has 3 saturated heterocycles. The summed E-state index contributed by atoms with van der Waals surface area (Å²) in [4.78, 5) is 44.2. The monoisotopic (exact) mass is 426 g/mol. The van der Waals surface area contributed by atoms with E-state index in [2.05, 4.69) is 34.5 Å². The zero-order valence-corrected chi connectivity index (χ0v) is 18.5. The largest absolute Gasteiger partial charge is 0.341 e. The molecular formula is C24H34N4O3. The topological polar surface area (TPSA) is 73.0 Å². The Balaban J connectivity index is 1.34. The number of imide groups is 1. The van der Waals surface area contributed by atoms with Crippen LogP contribution in [0.5, 0.6) is 0 Å². The first-order valence-electron chi connectivity index (χ1n) is 11.7. The molecule has 1 atom stereocenters. The van der Waals surface area contributed by atoms with E-state index < -0.39 is 5.54 Å². The Morgan fingerprint density at radius 1 is 1.13 bits per heavy atom. The molecule has 0 aliphatic carbocycles. The Bertz CT molecular complexity index is 804. The second kappa shape index (κ2) is 9.39. The van der Waals surface area contributed by atoms with E-state index in [4.69, 9.17) is 0 Å². The van der Waals surface area contributed by atoms with Gasteiger partial charge in [-0.3, -0.25) is 14.5 Å². The van der Waals surface area contributed by atoms with Crippen LogP contribution in [0.25, 0.3) is 0 Å². The number of carbonyl (C=O) groups is 3. The third-order valence-corrected chi connectivity index (χ3v) is 7.04. The highest BCUT2D eigenvalue weighted by atomic mass is 16.2. The maximum absolute atomic E-state index is 13.4. The quantitative estimate of drug-likeness (QED) is 0.709. The highest BCUT2D eigenvalue weighted by molar-refractivity contribution is 6.07. The lowest BCUT2D eigenvalue weighted by atomic mass is 9.87. The van der Waals surface area contributed by atoms with Crippen molar-refractivity contribution >= 4 is 17.8 Å². The first-order valence-corrected chi connectivity index (χ1v) is 11.7. The van der Waals surface area contributed by atoms with Crippen LogP contribution in [0.3, 0.4) is 0 Å². The molecular weight excluding hydrogens is 392 g/mol. The molecule has 3 aliphatic heterocycles. The van der Waals surface area contributed by atoms with E-state index >= 15 is 0 Å². The van der Waals surface area contributed by atoms with Crippen molar-refractivity contribution in [3.8, 4) is 0 Å². The van der Waals surface area contributed by atoms with Crippen molar-refractivity contribution in [1.29, 1.82) is 0 Å². The summed E-state index contributed by atoms with van der Waals surface area (Å²) in [5.41, 5.74) is 0.550. The molecule has 0 aromatic heterocycles. The van der Waals surface area contributed by atoms with Crippen LogP contribution in [-0.4, -0.2) is 76.8 Å². The van der Waals surface area contributed by atoms with Crippen molar-refractivity contribution in [2.24, 2.45) is 0 Å². The number of hydrogen-bond acceptors (Lipinski definition) is 4. The Labute approximate surface area is 184 Å². The van der Waals surface area contributed by atoms with Gasteiger partial charge < -0.3 is 15.1 Å². The van der Waals surface area contributed by atoms with Gasteiger partial charge in [0.2, 0.25) is 5.91 Å². The number of amides is 4. The molecule has 1 aromatic rings. The van der Waals surface area contributed by atoms with E-state index in [1.54, 1.807) is 0 Å². The molecule has 0 saturated carbocycles. The standard InChI is InChI=1S/C24H34N4O3/c1-2-7-21(29)27-14-6-10-20(18-27)28-22(30)24(25-23(28)31)12-16-26(17-13-24)15-11-19-8-4-3-5-9-19/h3-5,8-9,20H,2,6-7,10-18H2,1H3,(H,25,31). The fraction of sp³-hybridized carbons (Fsp3) is 0.625. The zero-order chi connectivity index (χ0) is 21.8. The molecule has 3 aliphatic rings. The van der Waals surface area contributed by atoms with Crippen molar-refractivity contribution < 1.29 is 14.4 Å². The van der Waals surface area contributed by atoms with Crippen molar-refractivity contribution in [3.63, 3.8) is 0 Å². The molecule has 168 valence electrons. The number of benzene rings is 1. The van der Waals surface area contributed by atoms with Gasteiger partial charge in [0.05, 0.1) is 6.04 Å². The summed E-state index contributed by atoms with van der Waals surface area (Å²) in [5.74, 6) is 0.0377. The fourth-order valence-electron chi connectivity index (χ4n) is 5.17. The highest BCUT2D eigenvalue weighted by Gasteiger charge is 2.54. The van der Waals surface area contributed by atoms with Crippen molar-refractivity contribution in [1.82, 2.24) is 20.0 Å². The molecule has 4 rings (SSSR count). The third-order valence-electron chi connectivity index (χ3n) is 7.04. The highest BCUT2D eigenvalue weighted by Crippen LogP contribution is 2.32. The SMILES string of the molecule is CCCC(=O)N1CCCC(N2C(=O)NC3(CCN(CCc4ccccc4)CC3)C2=O)C1. The molecule has 0 bridgehead atoms. The van der Waals surface area contributed by atoms with Crippen molar-refractivity contribution in [2.45, 2.75) is 63.5 Å². The maximum Gasteiger partial charge on any atom is 0.325 e. The minimum atomic E-state index is -0.768. The second-order valence-corrected chi connectivity index (χ2v) is 9.15. The predicted octanol–water partition coefficient (Wildman–Crippen LogP) is 2.41. The predicted molar refractivity (Wildman–Crippen MR) is 118 cm³/mol. The summed E-state index contributed by atoms with van der Waals surface area (Å²) < 4.78 is 0. The number of nitrogens with one attached hydrogen (secondary N) is 1. The summed E-state index contributed by atoms with van der Waals surface area (Å²) in [6, 6.07) is 9.94. The number of piperidine rings is 2. The van der Waals surface area contributed by atoms with Crippen molar-refractivity contribution in [3.05, 3.63) is 35.9 Å². The van der Waals surface area contributed by atoms with Gasteiger partial charge in [-0.15, -0.1) is 0 Å². The molecule has 1 spiro atoms. The van der Waals surface area contributed by atoms with Gasteiger partial charge in [0, 0.05) is 39.1 Å². The van der Waals surface area contributed by atoms with Crippen LogP contribution in [-0.2, 0) is 16.0 Å². The van der Waals surface area contributed by atoms with Gasteiger partial charge in [0.25, 0.3) is 5.91 Å². The number of likely N-dealkylation sites (tertiary alicyclic amines) is 2. The van der Waals surface area contributed by atoms with Gasteiger partial charge in [-0.05, 0) is 44.1 Å². The third kappa shape index (κ3) is 4.61. The molecule has 3 heterocycles. The van der Waals surface area contributed by atoms with E-state index in [1.165, 1.54) is 10.5 Å². The first kappa shape index (κ1) is 21.8. The summed E-state index contributed by atoms with van der Waals surface area (Å²) >= 11 is 0. The van der Waals surface area contributed by atoms with Crippen LogP contribution in [0.2, 0.25) is 0 Å². The van der Waals surface area contributed by atoms with Crippen LogP contribution in [0, 0.1) is 0 Å². The molecule has 7 heteroatoms. The minimum Gasteiger partial charge on any atom is -0.341 e. The van der Waals surface area contributed by atoms with E-state index in [0.29, 0.717) is 25.8 Å². The fourth-order valence-corrected chi connectivity index (χ4v) is 5.17. The normalized spacial score (nSPS) is 24.0. The van der Waals surface area contributed by atoms with Crippen molar-refractivity contribution in [2.75, 3.05) is 32.7 Å². The lowest BCUT2D eigenvalue weighted by Gasteiger charge is -2.39. The molecule has 7 nitrogen and oxygen atoms in total. The Hall–Kier alpha value is -2.41. The number of hydrogen-bond donors (Lipinski definition) is 1. The van der Waals surface area contributed by atoms with Crippen LogP contribution in [0.4, 0.5) is 4.79 Å². The Kier molecular flexibility index (Phi) is 6.60. The molecule has 0 radical (unpaired) electrons. The number of rotatable bonds is 6. The van der Waals surface area contributed by atoms with Gasteiger partial charge in [-0.1, -0.05) is 37.3 Å². The molecule has 3 fully saturated rings. The molecule has 1 aromatic carbocycles. The molecule has 4 amide bonds. The maximum atomic E-state index is 13.4. The van der Waals surface area contributed by atoms with Gasteiger partial charge >= 0.3 is 6.03 Å². The summed E-state index contributed by atoms with van der Waals surface area (Å²) in [6.07, 6.45) is 5.22. The van der Waals surface area contributed by atoms with Crippen LogP contribution in [0.1, 0.15) is 51.0 Å². The lowest BCUT2D eigenvalue weighted by Crippen LogP contribution is -2.56. The van der Waals surface area contributed by atoms with Crippen LogP contribution in [0.15, 0.2) is 30.3 Å². The molecule has 1 unspecified atom stereocenters. The molecule has 1 N–H and O–H groups in total. The van der Waals surface area contributed by atoms with E-state index in [9.17, 15) is 14.4 Å². The summed E-state index contributed by atoms with van der Waals surface area (Å²) in [5, 5.41) is 3.04. The van der Waals surface area contributed by atoms with Crippen LogP contribution < -0.4 is 5.32 Å². The van der Waals surface area contributed by atoms with E-state index in [0.717, 1.165) is 51.9 Å². The smallest absolute Gasteiger partial charge is 0.325 e. The first-order chi connectivity index (χ1) is 15.0. The molecule has 31 heavy (non-hydrogen) atoms. The Morgan fingerprint density at radius 2 is 1.87 bits per heavy atom. The van der Waals surface area contributed by atoms with E-state index in [1.807, 2.05) is 17.9 Å². The Morgan fingerprint density at radius 3 is 2.58 bits per heavy atom. The lowest BCUT2D eigenvalue weighted by molar-refractivity contribution is -0.139. The number of urea groups is 1. The van der Waals surface area contributed by atoms with Gasteiger partial charge in [-0.25, -0.2) is 4.79 Å². The number of carbonyl (C=O) groups excluding carboxylic acids is 3.